The summed E-state index contributed by atoms with van der Waals surface area (Å²) in [6.45, 7) is 11.2. The van der Waals surface area contributed by atoms with Crippen LogP contribution in [0.3, 0.4) is 0 Å². The standard InChI is InChI=1S/C27H27FNOSi/c1-16-13-21-19-9-7-8-10-25(19)30-27(21)26(17(16)2)24-15-22(28)20-12-11-18(31(4,5)6)14-23(20)29(24)3/h7-15H,1-6H3/q+1. The third-order valence-corrected chi connectivity index (χ3v) is 8.59. The van der Waals surface area contributed by atoms with Gasteiger partial charge >= 0.3 is 0 Å². The van der Waals surface area contributed by atoms with E-state index in [2.05, 4.69) is 62.3 Å². The third kappa shape index (κ3) is 3.00. The van der Waals surface area contributed by atoms with Crippen molar-refractivity contribution >= 4 is 46.1 Å². The second kappa shape index (κ2) is 6.76. The molecule has 0 aliphatic heterocycles. The van der Waals surface area contributed by atoms with E-state index in [9.17, 15) is 0 Å². The minimum Gasteiger partial charge on any atom is -0.455 e. The van der Waals surface area contributed by atoms with E-state index < -0.39 is 8.07 Å². The molecule has 5 aromatic rings. The number of pyridine rings is 1. The molecule has 0 unspecified atom stereocenters. The van der Waals surface area contributed by atoms with Crippen LogP contribution < -0.4 is 9.75 Å². The van der Waals surface area contributed by atoms with E-state index in [1.165, 1.54) is 10.8 Å². The summed E-state index contributed by atoms with van der Waals surface area (Å²) in [5.41, 5.74) is 6.68. The summed E-state index contributed by atoms with van der Waals surface area (Å²) in [6, 6.07) is 18.1. The van der Waals surface area contributed by atoms with Crippen LogP contribution in [0.1, 0.15) is 11.1 Å². The molecule has 0 spiro atoms. The number of hydrogen-bond acceptors (Lipinski definition) is 1. The Morgan fingerprint density at radius 3 is 2.35 bits per heavy atom. The molecule has 0 bridgehead atoms. The number of nitrogens with zero attached hydrogens (tertiary/aromatic N) is 1. The Morgan fingerprint density at radius 1 is 0.871 bits per heavy atom. The van der Waals surface area contributed by atoms with E-state index in [4.69, 9.17) is 4.42 Å². The van der Waals surface area contributed by atoms with Gasteiger partial charge in [0.2, 0.25) is 11.2 Å². The highest BCUT2D eigenvalue weighted by Crippen LogP contribution is 2.39. The van der Waals surface area contributed by atoms with E-state index in [1.54, 1.807) is 6.07 Å². The zero-order valence-corrected chi connectivity index (χ0v) is 19.9. The number of furan rings is 1. The Balaban J connectivity index is 1.91. The highest BCUT2D eigenvalue weighted by Gasteiger charge is 2.27. The Hall–Kier alpha value is -2.98. The average Bonchev–Trinajstić information content (AvgIpc) is 3.09. The number of aryl methyl sites for hydroxylation is 2. The van der Waals surface area contributed by atoms with Gasteiger partial charge in [0.25, 0.3) is 0 Å². The number of fused-ring (bicyclic) bond motifs is 4. The summed E-state index contributed by atoms with van der Waals surface area (Å²) in [5.74, 6) is -0.199. The van der Waals surface area contributed by atoms with Gasteiger partial charge in [-0.3, -0.25) is 0 Å². The molecule has 0 N–H and O–H groups in total. The summed E-state index contributed by atoms with van der Waals surface area (Å²) in [6.07, 6.45) is 0. The van der Waals surface area contributed by atoms with Crippen molar-refractivity contribution in [2.45, 2.75) is 33.5 Å². The molecule has 0 aliphatic rings. The van der Waals surface area contributed by atoms with Crippen molar-refractivity contribution in [3.05, 3.63) is 71.5 Å². The fraction of sp³-hybridized carbons (Fsp3) is 0.222. The zero-order chi connectivity index (χ0) is 22.1. The van der Waals surface area contributed by atoms with E-state index in [0.717, 1.165) is 44.3 Å². The summed E-state index contributed by atoms with van der Waals surface area (Å²) in [7, 11) is 0.501. The number of para-hydroxylation sites is 1. The largest absolute Gasteiger partial charge is 0.455 e. The SMILES string of the molecule is Cc1cc2c(oc3ccccc32)c(-c2cc(F)c3ccc([Si](C)(C)C)cc3[n+]2C)c1C. The van der Waals surface area contributed by atoms with Crippen LogP contribution in [0.4, 0.5) is 4.39 Å². The quantitative estimate of drug-likeness (QED) is 0.231. The number of rotatable bonds is 2. The first-order valence-electron chi connectivity index (χ1n) is 10.7. The van der Waals surface area contributed by atoms with E-state index in [0.29, 0.717) is 5.39 Å². The average molecular weight is 429 g/mol. The number of halogens is 1. The van der Waals surface area contributed by atoms with Crippen LogP contribution in [0.15, 0.2) is 59.0 Å². The van der Waals surface area contributed by atoms with Crippen LogP contribution in [0.5, 0.6) is 0 Å². The monoisotopic (exact) mass is 428 g/mol. The van der Waals surface area contributed by atoms with E-state index >= 15 is 4.39 Å². The lowest BCUT2D eigenvalue weighted by molar-refractivity contribution is -0.633. The van der Waals surface area contributed by atoms with Gasteiger partial charge in [0.15, 0.2) is 0 Å². The van der Waals surface area contributed by atoms with Gasteiger partial charge in [0.1, 0.15) is 24.0 Å². The summed E-state index contributed by atoms with van der Waals surface area (Å²) >= 11 is 0. The maximum absolute atomic E-state index is 15.3. The van der Waals surface area contributed by atoms with Gasteiger partial charge in [-0.15, -0.1) is 0 Å². The van der Waals surface area contributed by atoms with Crippen molar-refractivity contribution in [1.29, 1.82) is 0 Å². The molecular formula is C27H27FNOSi+. The van der Waals surface area contributed by atoms with Gasteiger partial charge in [-0.25, -0.2) is 4.39 Å². The molecule has 3 aromatic carbocycles. The Morgan fingerprint density at radius 2 is 1.61 bits per heavy atom. The highest BCUT2D eigenvalue weighted by molar-refractivity contribution is 6.88. The minimum atomic E-state index is -1.53. The van der Waals surface area contributed by atoms with Crippen LogP contribution in [0.25, 0.3) is 44.1 Å². The van der Waals surface area contributed by atoms with Crippen molar-refractivity contribution in [3.8, 4) is 11.3 Å². The summed E-state index contributed by atoms with van der Waals surface area (Å²) in [4.78, 5) is 0. The predicted octanol–water partition coefficient (Wildman–Crippen LogP) is 6.53. The minimum absolute atomic E-state index is 0.199. The Labute approximate surface area is 182 Å². The molecule has 2 heterocycles. The lowest BCUT2D eigenvalue weighted by Crippen LogP contribution is -2.40. The van der Waals surface area contributed by atoms with Crippen LogP contribution in [-0.2, 0) is 7.05 Å². The first kappa shape index (κ1) is 19.9. The molecule has 0 fully saturated rings. The molecule has 4 heteroatoms. The second-order valence-corrected chi connectivity index (χ2v) is 14.7. The number of benzene rings is 3. The molecule has 0 amide bonds. The first-order valence-corrected chi connectivity index (χ1v) is 14.2. The van der Waals surface area contributed by atoms with Crippen LogP contribution >= 0.6 is 0 Å². The van der Waals surface area contributed by atoms with Gasteiger partial charge in [0, 0.05) is 22.9 Å². The highest BCUT2D eigenvalue weighted by atomic mass is 28.3. The maximum atomic E-state index is 15.3. The maximum Gasteiger partial charge on any atom is 0.219 e. The summed E-state index contributed by atoms with van der Waals surface area (Å²) < 4.78 is 23.8. The lowest BCUT2D eigenvalue weighted by atomic mass is 9.96. The molecule has 0 aliphatic carbocycles. The van der Waals surface area contributed by atoms with Gasteiger partial charge in [-0.05, 0) is 43.2 Å². The van der Waals surface area contributed by atoms with Gasteiger partial charge in [-0.1, -0.05) is 49.1 Å². The van der Waals surface area contributed by atoms with Gasteiger partial charge < -0.3 is 4.42 Å². The number of hydrogen-bond donors (Lipinski definition) is 0. The van der Waals surface area contributed by atoms with Crippen LogP contribution in [-0.4, -0.2) is 8.07 Å². The first-order chi connectivity index (χ1) is 14.7. The topological polar surface area (TPSA) is 17.0 Å². The molecule has 2 nitrogen and oxygen atoms in total. The smallest absolute Gasteiger partial charge is 0.219 e. The van der Waals surface area contributed by atoms with Crippen molar-refractivity contribution in [1.82, 2.24) is 0 Å². The fourth-order valence-electron chi connectivity index (χ4n) is 4.54. The van der Waals surface area contributed by atoms with Crippen LogP contribution in [0, 0.1) is 19.7 Å². The van der Waals surface area contributed by atoms with Crippen molar-refractivity contribution < 1.29 is 13.4 Å². The number of aromatic nitrogens is 1. The lowest BCUT2D eigenvalue weighted by Gasteiger charge is -2.17. The van der Waals surface area contributed by atoms with E-state index in [1.807, 2.05) is 31.3 Å². The second-order valence-electron chi connectivity index (χ2n) is 9.59. The molecule has 0 saturated carbocycles. The zero-order valence-electron chi connectivity index (χ0n) is 18.9. The molecule has 0 saturated heterocycles. The van der Waals surface area contributed by atoms with Crippen molar-refractivity contribution in [3.63, 3.8) is 0 Å². The fourth-order valence-corrected chi connectivity index (χ4v) is 5.69. The third-order valence-electron chi connectivity index (χ3n) is 6.55. The summed E-state index contributed by atoms with van der Waals surface area (Å²) in [5, 5.41) is 4.14. The molecule has 31 heavy (non-hydrogen) atoms. The molecule has 0 radical (unpaired) electrons. The van der Waals surface area contributed by atoms with Crippen molar-refractivity contribution in [2.24, 2.45) is 7.05 Å². The molecule has 0 atom stereocenters. The normalized spacial score (nSPS) is 12.4. The Bertz CT molecular complexity index is 1510. The van der Waals surface area contributed by atoms with Gasteiger partial charge in [-0.2, -0.15) is 4.57 Å². The van der Waals surface area contributed by atoms with Crippen LogP contribution in [0.2, 0.25) is 19.6 Å². The molecule has 5 rings (SSSR count). The predicted molar refractivity (Wildman–Crippen MR) is 130 cm³/mol. The van der Waals surface area contributed by atoms with E-state index in [-0.39, 0.29) is 5.82 Å². The Kier molecular flexibility index (Phi) is 4.35. The molecule has 2 aromatic heterocycles. The molecule has 156 valence electrons. The molecular weight excluding hydrogens is 401 g/mol. The van der Waals surface area contributed by atoms with Crippen molar-refractivity contribution in [2.75, 3.05) is 0 Å². The van der Waals surface area contributed by atoms with Gasteiger partial charge in [0.05, 0.1) is 19.0 Å².